The van der Waals surface area contributed by atoms with Crippen molar-refractivity contribution in [1.29, 1.82) is 0 Å². The summed E-state index contributed by atoms with van der Waals surface area (Å²) in [5, 5.41) is 20.2. The molecule has 0 spiro atoms. The number of nitrogen functional groups attached to an aromatic ring is 1. The average molecular weight is 286 g/mol. The molecule has 1 heterocycles. The smallest absolute Gasteiger partial charge is 0.294 e. The second-order valence-corrected chi connectivity index (χ2v) is 4.75. The molecule has 3 N–H and O–H groups in total. The molecule has 0 saturated carbocycles. The van der Waals surface area contributed by atoms with Crippen LogP contribution in [-0.2, 0) is 0 Å². The van der Waals surface area contributed by atoms with Crippen molar-refractivity contribution in [2.24, 2.45) is 0 Å². The lowest BCUT2D eigenvalue weighted by molar-refractivity contribution is -0.383. The van der Waals surface area contributed by atoms with E-state index in [1.807, 2.05) is 0 Å². The van der Waals surface area contributed by atoms with Gasteiger partial charge in [0.15, 0.2) is 0 Å². The van der Waals surface area contributed by atoms with Gasteiger partial charge in [-0.25, -0.2) is 0 Å². The van der Waals surface area contributed by atoms with Crippen LogP contribution < -0.4 is 5.73 Å². The first-order chi connectivity index (χ1) is 8.90. The molecule has 1 amide bonds. The van der Waals surface area contributed by atoms with Gasteiger partial charge in [-0.1, -0.05) is 11.6 Å². The molecule has 1 unspecified atom stereocenters. The zero-order valence-electron chi connectivity index (χ0n) is 9.88. The minimum atomic E-state index is -0.684. The van der Waals surface area contributed by atoms with Crippen molar-refractivity contribution in [2.45, 2.75) is 12.5 Å². The van der Waals surface area contributed by atoms with Crippen molar-refractivity contribution in [3.8, 4) is 0 Å². The SMILES string of the molecule is Nc1c(Cl)cc(C(=O)N2CCC(O)C2)cc1[N+](=O)[O-]. The van der Waals surface area contributed by atoms with Gasteiger partial charge in [0.2, 0.25) is 0 Å². The van der Waals surface area contributed by atoms with Crippen LogP contribution in [0.4, 0.5) is 11.4 Å². The summed E-state index contributed by atoms with van der Waals surface area (Å²) in [4.78, 5) is 23.7. The van der Waals surface area contributed by atoms with E-state index in [0.29, 0.717) is 13.0 Å². The topological polar surface area (TPSA) is 110 Å². The number of carbonyl (C=O) groups is 1. The van der Waals surface area contributed by atoms with Crippen LogP contribution in [0.25, 0.3) is 0 Å². The van der Waals surface area contributed by atoms with E-state index in [-0.39, 0.29) is 22.8 Å². The maximum atomic E-state index is 12.1. The standard InChI is InChI=1S/C11H12ClN3O4/c12-8-3-6(4-9(10(8)13)15(18)19)11(17)14-2-1-7(16)5-14/h3-4,7,16H,1-2,5,13H2. The third-order valence-corrected chi connectivity index (χ3v) is 3.31. The maximum absolute atomic E-state index is 12.1. The first kappa shape index (κ1) is 13.6. The lowest BCUT2D eigenvalue weighted by Gasteiger charge is -2.15. The van der Waals surface area contributed by atoms with E-state index in [4.69, 9.17) is 17.3 Å². The molecule has 7 nitrogen and oxygen atoms in total. The number of β-amino-alcohol motifs (C(OH)–C–C–N with tert-alkyl or cyclic N) is 1. The summed E-state index contributed by atoms with van der Waals surface area (Å²) in [5.41, 5.74) is 5.03. The largest absolute Gasteiger partial charge is 0.392 e. The third kappa shape index (κ3) is 2.61. The monoisotopic (exact) mass is 285 g/mol. The molecule has 1 aromatic carbocycles. The molecule has 8 heteroatoms. The molecule has 1 saturated heterocycles. The summed E-state index contributed by atoms with van der Waals surface area (Å²) >= 11 is 5.79. The molecule has 19 heavy (non-hydrogen) atoms. The predicted molar refractivity (Wildman–Crippen MR) is 69.0 cm³/mol. The zero-order valence-corrected chi connectivity index (χ0v) is 10.6. The molecule has 2 rings (SSSR count). The normalized spacial score (nSPS) is 18.6. The van der Waals surface area contributed by atoms with Crippen LogP contribution >= 0.6 is 11.6 Å². The number of amides is 1. The fourth-order valence-electron chi connectivity index (χ4n) is 1.99. The first-order valence-electron chi connectivity index (χ1n) is 5.61. The molecule has 0 radical (unpaired) electrons. The highest BCUT2D eigenvalue weighted by atomic mass is 35.5. The summed E-state index contributed by atoms with van der Waals surface area (Å²) in [5.74, 6) is -0.401. The highest BCUT2D eigenvalue weighted by molar-refractivity contribution is 6.34. The Hall–Kier alpha value is -1.86. The van der Waals surface area contributed by atoms with Gasteiger partial charge in [-0.2, -0.15) is 0 Å². The van der Waals surface area contributed by atoms with Crippen LogP contribution in [0, 0.1) is 10.1 Å². The summed E-state index contributed by atoms with van der Waals surface area (Å²) in [6.45, 7) is 0.629. The van der Waals surface area contributed by atoms with E-state index in [9.17, 15) is 20.0 Å². The summed E-state index contributed by atoms with van der Waals surface area (Å²) in [6.07, 6.45) is -0.0560. The quantitative estimate of drug-likeness (QED) is 0.479. The molecule has 1 aliphatic heterocycles. The molecular formula is C11H12ClN3O4. The Labute approximate surface area is 113 Å². The summed E-state index contributed by atoms with van der Waals surface area (Å²) in [6, 6.07) is 2.41. The summed E-state index contributed by atoms with van der Waals surface area (Å²) in [7, 11) is 0. The number of hydrogen-bond donors (Lipinski definition) is 2. The highest BCUT2D eigenvalue weighted by Gasteiger charge is 2.27. The third-order valence-electron chi connectivity index (χ3n) is 3.00. The van der Waals surface area contributed by atoms with E-state index >= 15 is 0 Å². The van der Waals surface area contributed by atoms with Crippen LogP contribution in [0.3, 0.4) is 0 Å². The van der Waals surface area contributed by atoms with Gasteiger partial charge < -0.3 is 15.7 Å². The van der Waals surface area contributed by atoms with Crippen molar-refractivity contribution < 1.29 is 14.8 Å². The fraction of sp³-hybridized carbons (Fsp3) is 0.364. The lowest BCUT2D eigenvalue weighted by atomic mass is 10.1. The number of hydrogen-bond acceptors (Lipinski definition) is 5. The fourth-order valence-corrected chi connectivity index (χ4v) is 2.20. The molecule has 1 atom stereocenters. The number of nitrogens with two attached hydrogens (primary N) is 1. The van der Waals surface area contributed by atoms with Gasteiger partial charge in [0.05, 0.1) is 16.0 Å². The molecular weight excluding hydrogens is 274 g/mol. The second kappa shape index (κ2) is 5.02. The van der Waals surface area contributed by atoms with E-state index in [2.05, 4.69) is 0 Å². The molecule has 0 aliphatic carbocycles. The van der Waals surface area contributed by atoms with Crippen LogP contribution in [0.2, 0.25) is 5.02 Å². The van der Waals surface area contributed by atoms with E-state index in [1.54, 1.807) is 0 Å². The number of aliphatic hydroxyl groups excluding tert-OH is 1. The molecule has 0 aromatic heterocycles. The number of benzene rings is 1. The minimum absolute atomic E-state index is 0.0303. The summed E-state index contributed by atoms with van der Waals surface area (Å²) < 4.78 is 0. The van der Waals surface area contributed by atoms with Crippen LogP contribution in [-0.4, -0.2) is 40.0 Å². The van der Waals surface area contributed by atoms with Crippen molar-refractivity contribution in [3.63, 3.8) is 0 Å². The average Bonchev–Trinajstić information content (AvgIpc) is 2.78. The van der Waals surface area contributed by atoms with E-state index in [1.165, 1.54) is 11.0 Å². The Bertz CT molecular complexity index is 549. The Morgan fingerprint density at radius 2 is 2.26 bits per heavy atom. The van der Waals surface area contributed by atoms with Gasteiger partial charge in [-0.15, -0.1) is 0 Å². The van der Waals surface area contributed by atoms with Crippen molar-refractivity contribution in [3.05, 3.63) is 32.8 Å². The zero-order chi connectivity index (χ0) is 14.2. The number of nitro groups is 1. The minimum Gasteiger partial charge on any atom is -0.392 e. The van der Waals surface area contributed by atoms with E-state index in [0.717, 1.165) is 6.07 Å². The number of carbonyl (C=O) groups excluding carboxylic acids is 1. The number of anilines is 1. The molecule has 1 aromatic rings. The van der Waals surface area contributed by atoms with Gasteiger partial charge in [0.25, 0.3) is 11.6 Å². The predicted octanol–water partition coefficient (Wildman–Crippen LogP) is 1.04. The number of rotatable bonds is 2. The number of likely N-dealkylation sites (tertiary alicyclic amines) is 1. The highest BCUT2D eigenvalue weighted by Crippen LogP contribution is 2.31. The van der Waals surface area contributed by atoms with Crippen molar-refractivity contribution in [1.82, 2.24) is 4.90 Å². The number of aliphatic hydroxyl groups is 1. The first-order valence-corrected chi connectivity index (χ1v) is 5.98. The van der Waals surface area contributed by atoms with Gasteiger partial charge >= 0.3 is 0 Å². The van der Waals surface area contributed by atoms with Gasteiger partial charge in [-0.05, 0) is 12.5 Å². The number of nitro benzene ring substituents is 1. The van der Waals surface area contributed by atoms with Crippen LogP contribution in [0.5, 0.6) is 0 Å². The molecule has 102 valence electrons. The van der Waals surface area contributed by atoms with Crippen molar-refractivity contribution in [2.75, 3.05) is 18.8 Å². The second-order valence-electron chi connectivity index (χ2n) is 4.34. The number of halogens is 1. The number of nitrogens with zero attached hydrogens (tertiary/aromatic N) is 2. The maximum Gasteiger partial charge on any atom is 0.294 e. The van der Waals surface area contributed by atoms with E-state index < -0.39 is 22.6 Å². The van der Waals surface area contributed by atoms with Crippen LogP contribution in [0.1, 0.15) is 16.8 Å². The van der Waals surface area contributed by atoms with Crippen LogP contribution in [0.15, 0.2) is 12.1 Å². The Kier molecular flexibility index (Phi) is 3.59. The van der Waals surface area contributed by atoms with Crippen molar-refractivity contribution >= 4 is 28.9 Å². The molecule has 1 fully saturated rings. The molecule has 0 bridgehead atoms. The Morgan fingerprint density at radius 3 is 2.79 bits per heavy atom. The van der Waals surface area contributed by atoms with Gasteiger partial charge in [0.1, 0.15) is 5.69 Å². The lowest BCUT2D eigenvalue weighted by Crippen LogP contribution is -2.29. The Morgan fingerprint density at radius 1 is 1.58 bits per heavy atom. The van der Waals surface area contributed by atoms with Gasteiger partial charge in [0, 0.05) is 24.7 Å². The molecule has 1 aliphatic rings. The van der Waals surface area contributed by atoms with Gasteiger partial charge in [-0.3, -0.25) is 14.9 Å². The Balaban J connectivity index is 2.35.